The number of anilines is 1. The van der Waals surface area contributed by atoms with Gasteiger partial charge in [-0.05, 0) is 43.3 Å². The second-order valence-corrected chi connectivity index (χ2v) is 4.08. The summed E-state index contributed by atoms with van der Waals surface area (Å²) in [7, 11) is 0. The van der Waals surface area contributed by atoms with Crippen LogP contribution in [-0.2, 0) is 5.88 Å². The molecule has 5 heteroatoms. The third-order valence-electron chi connectivity index (χ3n) is 2.44. The van der Waals surface area contributed by atoms with Crippen molar-refractivity contribution in [2.45, 2.75) is 12.8 Å². The maximum absolute atomic E-state index is 11.9. The molecule has 0 bridgehead atoms. The molecule has 1 heterocycles. The summed E-state index contributed by atoms with van der Waals surface area (Å²) in [5.74, 6) is 1.52. The van der Waals surface area contributed by atoms with Crippen LogP contribution in [0.1, 0.15) is 23.2 Å². The van der Waals surface area contributed by atoms with E-state index in [1.807, 2.05) is 6.92 Å². The minimum atomic E-state index is -0.305. The molecule has 4 nitrogen and oxygen atoms in total. The lowest BCUT2D eigenvalue weighted by molar-refractivity contribution is 0.0995. The Balaban J connectivity index is 2.01. The third-order valence-corrected chi connectivity index (χ3v) is 2.70. The van der Waals surface area contributed by atoms with Gasteiger partial charge >= 0.3 is 0 Å². The quantitative estimate of drug-likeness (QED) is 0.850. The first-order chi connectivity index (χ1) is 9.22. The average Bonchev–Trinajstić information content (AvgIpc) is 2.90. The number of alkyl halides is 1. The number of carbonyl (C=O) groups is 1. The summed E-state index contributed by atoms with van der Waals surface area (Å²) in [5.41, 5.74) is 0.678. The zero-order chi connectivity index (χ0) is 13.7. The molecule has 0 aliphatic heterocycles. The maximum Gasteiger partial charge on any atom is 0.291 e. The highest BCUT2D eigenvalue weighted by atomic mass is 35.5. The number of benzene rings is 1. The molecule has 0 saturated carbocycles. The van der Waals surface area contributed by atoms with Gasteiger partial charge in [0.1, 0.15) is 11.5 Å². The fourth-order valence-corrected chi connectivity index (χ4v) is 1.71. The minimum absolute atomic E-state index is 0.240. The molecule has 1 aromatic heterocycles. The number of hydrogen-bond acceptors (Lipinski definition) is 3. The SMILES string of the molecule is CCOc1ccc(NC(=O)c2ccc(CCl)o2)cc1. The van der Waals surface area contributed by atoms with Gasteiger partial charge in [0.2, 0.25) is 0 Å². The van der Waals surface area contributed by atoms with Crippen LogP contribution >= 0.6 is 11.6 Å². The van der Waals surface area contributed by atoms with E-state index in [2.05, 4.69) is 5.32 Å². The molecule has 0 aliphatic rings. The molecule has 1 amide bonds. The van der Waals surface area contributed by atoms with Gasteiger partial charge in [-0.2, -0.15) is 0 Å². The number of hydrogen-bond donors (Lipinski definition) is 1. The van der Waals surface area contributed by atoms with Crippen LogP contribution in [0.25, 0.3) is 0 Å². The highest BCUT2D eigenvalue weighted by molar-refractivity contribution is 6.16. The van der Waals surface area contributed by atoms with Crippen molar-refractivity contribution in [3.8, 4) is 5.75 Å². The minimum Gasteiger partial charge on any atom is -0.494 e. The lowest BCUT2D eigenvalue weighted by Gasteiger charge is -2.05. The largest absolute Gasteiger partial charge is 0.494 e. The zero-order valence-electron chi connectivity index (χ0n) is 10.5. The second kappa shape index (κ2) is 6.29. The van der Waals surface area contributed by atoms with Gasteiger partial charge in [0.25, 0.3) is 5.91 Å². The van der Waals surface area contributed by atoms with E-state index < -0.39 is 0 Å². The van der Waals surface area contributed by atoms with E-state index in [1.165, 1.54) is 0 Å². The first-order valence-corrected chi connectivity index (χ1v) is 6.45. The Morgan fingerprint density at radius 1 is 1.26 bits per heavy atom. The first-order valence-electron chi connectivity index (χ1n) is 5.92. The summed E-state index contributed by atoms with van der Waals surface area (Å²) < 4.78 is 10.6. The molecule has 0 unspecified atom stereocenters. The van der Waals surface area contributed by atoms with Gasteiger partial charge in [-0.3, -0.25) is 4.79 Å². The lowest BCUT2D eigenvalue weighted by Crippen LogP contribution is -2.10. The highest BCUT2D eigenvalue weighted by Crippen LogP contribution is 2.17. The number of carbonyl (C=O) groups excluding carboxylic acids is 1. The number of rotatable bonds is 5. The van der Waals surface area contributed by atoms with E-state index in [0.29, 0.717) is 18.1 Å². The molecular weight excluding hydrogens is 266 g/mol. The fraction of sp³-hybridized carbons (Fsp3) is 0.214. The predicted octanol–water partition coefficient (Wildman–Crippen LogP) is 3.67. The van der Waals surface area contributed by atoms with Crippen molar-refractivity contribution in [2.24, 2.45) is 0 Å². The zero-order valence-corrected chi connectivity index (χ0v) is 11.2. The Hall–Kier alpha value is -1.94. The van der Waals surface area contributed by atoms with Gasteiger partial charge in [0, 0.05) is 5.69 Å². The van der Waals surface area contributed by atoms with Crippen LogP contribution in [0.2, 0.25) is 0 Å². The van der Waals surface area contributed by atoms with E-state index in [9.17, 15) is 4.79 Å². The van der Waals surface area contributed by atoms with Crippen molar-refractivity contribution < 1.29 is 13.9 Å². The Morgan fingerprint density at radius 3 is 2.58 bits per heavy atom. The van der Waals surface area contributed by atoms with Gasteiger partial charge in [-0.15, -0.1) is 11.6 Å². The van der Waals surface area contributed by atoms with Crippen LogP contribution in [0.5, 0.6) is 5.75 Å². The van der Waals surface area contributed by atoms with E-state index in [4.69, 9.17) is 20.8 Å². The summed E-state index contributed by atoms with van der Waals surface area (Å²) in [4.78, 5) is 11.9. The summed E-state index contributed by atoms with van der Waals surface area (Å²) >= 11 is 5.61. The summed E-state index contributed by atoms with van der Waals surface area (Å²) in [6, 6.07) is 10.4. The Kier molecular flexibility index (Phi) is 4.47. The Labute approximate surface area is 116 Å². The van der Waals surface area contributed by atoms with Crippen molar-refractivity contribution in [3.63, 3.8) is 0 Å². The smallest absolute Gasteiger partial charge is 0.291 e. The molecule has 0 saturated heterocycles. The van der Waals surface area contributed by atoms with Crippen LogP contribution in [0, 0.1) is 0 Å². The fourth-order valence-electron chi connectivity index (χ4n) is 1.57. The molecule has 2 aromatic rings. The summed E-state index contributed by atoms with van der Waals surface area (Å²) in [6.45, 7) is 2.53. The lowest BCUT2D eigenvalue weighted by atomic mass is 10.3. The van der Waals surface area contributed by atoms with Crippen molar-refractivity contribution in [2.75, 3.05) is 11.9 Å². The van der Waals surface area contributed by atoms with Crippen molar-refractivity contribution in [3.05, 3.63) is 47.9 Å². The molecule has 2 rings (SSSR count). The maximum atomic E-state index is 11.9. The van der Waals surface area contributed by atoms with Crippen molar-refractivity contribution in [1.29, 1.82) is 0 Å². The Morgan fingerprint density at radius 2 is 2.00 bits per heavy atom. The third kappa shape index (κ3) is 3.51. The van der Waals surface area contributed by atoms with Crippen molar-refractivity contribution in [1.82, 2.24) is 0 Å². The van der Waals surface area contributed by atoms with E-state index >= 15 is 0 Å². The normalized spacial score (nSPS) is 10.2. The molecule has 0 fully saturated rings. The molecule has 0 atom stereocenters. The Bertz CT molecular complexity index is 548. The molecule has 1 N–H and O–H groups in total. The molecule has 0 spiro atoms. The van der Waals surface area contributed by atoms with Gasteiger partial charge < -0.3 is 14.5 Å². The van der Waals surface area contributed by atoms with Crippen LogP contribution in [-0.4, -0.2) is 12.5 Å². The van der Waals surface area contributed by atoms with Crippen LogP contribution < -0.4 is 10.1 Å². The van der Waals surface area contributed by atoms with Gasteiger partial charge in [-0.25, -0.2) is 0 Å². The molecule has 1 aromatic carbocycles. The molecular formula is C14H14ClNO3. The number of halogens is 1. The molecule has 19 heavy (non-hydrogen) atoms. The van der Waals surface area contributed by atoms with Gasteiger partial charge in [-0.1, -0.05) is 0 Å². The number of furan rings is 1. The van der Waals surface area contributed by atoms with Crippen LogP contribution in [0.3, 0.4) is 0 Å². The summed E-state index contributed by atoms with van der Waals surface area (Å²) in [6.07, 6.45) is 0. The average molecular weight is 280 g/mol. The highest BCUT2D eigenvalue weighted by Gasteiger charge is 2.11. The monoisotopic (exact) mass is 279 g/mol. The van der Waals surface area contributed by atoms with E-state index in [1.54, 1.807) is 36.4 Å². The first kappa shape index (κ1) is 13.5. The summed E-state index contributed by atoms with van der Waals surface area (Å²) in [5, 5.41) is 2.73. The molecule has 0 aliphatic carbocycles. The molecule has 100 valence electrons. The predicted molar refractivity (Wildman–Crippen MR) is 73.8 cm³/mol. The second-order valence-electron chi connectivity index (χ2n) is 3.81. The van der Waals surface area contributed by atoms with Crippen LogP contribution in [0.15, 0.2) is 40.8 Å². The molecule has 0 radical (unpaired) electrons. The van der Waals surface area contributed by atoms with Gasteiger partial charge in [0.15, 0.2) is 5.76 Å². The van der Waals surface area contributed by atoms with Crippen LogP contribution in [0.4, 0.5) is 5.69 Å². The standard InChI is InChI=1S/C14H14ClNO3/c1-2-18-11-5-3-10(4-6-11)16-14(17)13-8-7-12(9-15)19-13/h3-8H,2,9H2,1H3,(H,16,17). The van der Waals surface area contributed by atoms with Crippen molar-refractivity contribution >= 4 is 23.2 Å². The van der Waals surface area contributed by atoms with Gasteiger partial charge in [0.05, 0.1) is 12.5 Å². The topological polar surface area (TPSA) is 51.5 Å². The number of nitrogens with one attached hydrogen (secondary N) is 1. The number of ether oxygens (including phenoxy) is 1. The van der Waals surface area contributed by atoms with E-state index in [0.717, 1.165) is 5.75 Å². The number of amides is 1. The van der Waals surface area contributed by atoms with E-state index in [-0.39, 0.29) is 17.5 Å².